The van der Waals surface area contributed by atoms with Gasteiger partial charge in [-0.3, -0.25) is 4.98 Å². The normalized spacial score (nSPS) is 12.3. The molecule has 0 saturated carbocycles. The molecule has 1 aromatic heterocycles. The molecule has 0 aliphatic rings. The van der Waals surface area contributed by atoms with Gasteiger partial charge in [0.05, 0.1) is 6.10 Å². The van der Waals surface area contributed by atoms with E-state index < -0.39 is 0 Å². The third-order valence-corrected chi connectivity index (χ3v) is 4.11. The van der Waals surface area contributed by atoms with E-state index in [1.54, 1.807) is 18.0 Å². The summed E-state index contributed by atoms with van der Waals surface area (Å²) in [6.45, 7) is 0. The van der Waals surface area contributed by atoms with Crippen LogP contribution in [-0.2, 0) is 6.42 Å². The summed E-state index contributed by atoms with van der Waals surface area (Å²) >= 11 is 5.06. The van der Waals surface area contributed by atoms with Crippen LogP contribution in [0.3, 0.4) is 0 Å². The summed E-state index contributed by atoms with van der Waals surface area (Å²) in [6, 6.07) is 13.9. The number of hydrogen-bond donors (Lipinski definition) is 1. The highest BCUT2D eigenvalue weighted by Gasteiger charge is 2.07. The SMILES string of the molecule is OC(CSc1ccc(Br)cc1)Cc1ccccn1. The van der Waals surface area contributed by atoms with E-state index >= 15 is 0 Å². The number of aromatic nitrogens is 1. The van der Waals surface area contributed by atoms with E-state index in [1.165, 1.54) is 4.90 Å². The average Bonchev–Trinajstić information content (AvgIpc) is 2.39. The first kappa shape index (κ1) is 13.6. The van der Waals surface area contributed by atoms with Gasteiger partial charge < -0.3 is 5.11 Å². The van der Waals surface area contributed by atoms with Gasteiger partial charge in [0, 0.05) is 33.4 Å². The van der Waals surface area contributed by atoms with Crippen molar-refractivity contribution in [1.82, 2.24) is 4.98 Å². The van der Waals surface area contributed by atoms with E-state index in [4.69, 9.17) is 0 Å². The molecule has 1 atom stereocenters. The molecule has 0 radical (unpaired) electrons. The second-order valence-electron chi connectivity index (χ2n) is 3.94. The van der Waals surface area contributed by atoms with Crippen LogP contribution in [0.2, 0.25) is 0 Å². The molecular weight excluding hydrogens is 310 g/mol. The lowest BCUT2D eigenvalue weighted by atomic mass is 10.2. The van der Waals surface area contributed by atoms with Gasteiger partial charge in [-0.15, -0.1) is 11.8 Å². The second-order valence-corrected chi connectivity index (χ2v) is 5.95. The van der Waals surface area contributed by atoms with Gasteiger partial charge in [-0.2, -0.15) is 0 Å². The fourth-order valence-electron chi connectivity index (χ4n) is 1.54. The lowest BCUT2D eigenvalue weighted by Gasteiger charge is -2.09. The van der Waals surface area contributed by atoms with E-state index in [0.29, 0.717) is 12.2 Å². The summed E-state index contributed by atoms with van der Waals surface area (Å²) in [6.07, 6.45) is 1.99. The van der Waals surface area contributed by atoms with E-state index in [1.807, 2.05) is 42.5 Å². The van der Waals surface area contributed by atoms with Gasteiger partial charge in [0.25, 0.3) is 0 Å². The number of aliphatic hydroxyl groups is 1. The number of pyridine rings is 1. The number of hydrogen-bond acceptors (Lipinski definition) is 3. The van der Waals surface area contributed by atoms with Crippen LogP contribution in [-0.4, -0.2) is 21.9 Å². The molecule has 0 aliphatic carbocycles. The first-order chi connectivity index (χ1) is 8.74. The lowest BCUT2D eigenvalue weighted by Crippen LogP contribution is -2.14. The van der Waals surface area contributed by atoms with Crippen LogP contribution in [0, 0.1) is 0 Å². The summed E-state index contributed by atoms with van der Waals surface area (Å²) < 4.78 is 1.07. The van der Waals surface area contributed by atoms with Gasteiger partial charge in [-0.05, 0) is 36.4 Å². The minimum Gasteiger partial charge on any atom is -0.392 e. The van der Waals surface area contributed by atoms with Crippen molar-refractivity contribution in [3.63, 3.8) is 0 Å². The van der Waals surface area contributed by atoms with Crippen molar-refractivity contribution in [3.8, 4) is 0 Å². The first-order valence-electron chi connectivity index (χ1n) is 5.70. The molecule has 0 spiro atoms. The Hall–Kier alpha value is -0.840. The number of benzene rings is 1. The fourth-order valence-corrected chi connectivity index (χ4v) is 2.64. The summed E-state index contributed by atoms with van der Waals surface area (Å²) in [5.74, 6) is 0.679. The third kappa shape index (κ3) is 4.44. The largest absolute Gasteiger partial charge is 0.392 e. The molecule has 2 aromatic rings. The van der Waals surface area contributed by atoms with Crippen LogP contribution in [0.1, 0.15) is 5.69 Å². The highest BCUT2D eigenvalue weighted by atomic mass is 79.9. The van der Waals surface area contributed by atoms with Crippen molar-refractivity contribution >= 4 is 27.7 Å². The highest BCUT2D eigenvalue weighted by molar-refractivity contribution is 9.10. The smallest absolute Gasteiger partial charge is 0.0689 e. The Morgan fingerprint density at radius 3 is 2.61 bits per heavy atom. The van der Waals surface area contributed by atoms with E-state index in [2.05, 4.69) is 20.9 Å². The Morgan fingerprint density at radius 1 is 1.17 bits per heavy atom. The maximum absolute atomic E-state index is 9.95. The zero-order valence-electron chi connectivity index (χ0n) is 9.79. The molecule has 2 rings (SSSR count). The number of rotatable bonds is 5. The first-order valence-corrected chi connectivity index (χ1v) is 7.48. The average molecular weight is 324 g/mol. The van der Waals surface area contributed by atoms with Crippen molar-refractivity contribution in [2.75, 3.05) is 5.75 Å². The number of halogens is 1. The van der Waals surface area contributed by atoms with Gasteiger partial charge in [0.15, 0.2) is 0 Å². The molecule has 18 heavy (non-hydrogen) atoms. The Kier molecular flexibility index (Phi) is 5.23. The Labute approximate surface area is 120 Å². The third-order valence-electron chi connectivity index (χ3n) is 2.43. The molecule has 0 bridgehead atoms. The summed E-state index contributed by atoms with van der Waals surface area (Å²) in [5.41, 5.74) is 0.932. The van der Waals surface area contributed by atoms with Crippen molar-refractivity contribution in [1.29, 1.82) is 0 Å². The predicted molar refractivity (Wildman–Crippen MR) is 78.8 cm³/mol. The highest BCUT2D eigenvalue weighted by Crippen LogP contribution is 2.21. The Bertz CT molecular complexity index is 475. The molecule has 1 N–H and O–H groups in total. The van der Waals surface area contributed by atoms with Crippen LogP contribution >= 0.6 is 27.7 Å². The second kappa shape index (κ2) is 6.92. The molecule has 0 amide bonds. The molecule has 0 saturated heterocycles. The topological polar surface area (TPSA) is 33.1 Å². The molecular formula is C14H14BrNOS. The van der Waals surface area contributed by atoms with Crippen LogP contribution in [0.5, 0.6) is 0 Å². The molecule has 0 fully saturated rings. The quantitative estimate of drug-likeness (QED) is 0.854. The number of thioether (sulfide) groups is 1. The molecule has 1 aromatic carbocycles. The van der Waals surface area contributed by atoms with Crippen molar-refractivity contribution in [2.45, 2.75) is 17.4 Å². The van der Waals surface area contributed by atoms with Gasteiger partial charge >= 0.3 is 0 Å². The van der Waals surface area contributed by atoms with Crippen LogP contribution in [0.25, 0.3) is 0 Å². The van der Waals surface area contributed by atoms with Gasteiger partial charge in [-0.1, -0.05) is 22.0 Å². The predicted octanol–water partition coefficient (Wildman–Crippen LogP) is 3.54. The standard InChI is InChI=1S/C14H14BrNOS/c15-11-4-6-14(7-5-11)18-10-13(17)9-12-3-1-2-8-16-12/h1-8,13,17H,9-10H2. The maximum atomic E-state index is 9.95. The minimum atomic E-state index is -0.367. The van der Waals surface area contributed by atoms with Crippen LogP contribution in [0.4, 0.5) is 0 Å². The fraction of sp³-hybridized carbons (Fsp3) is 0.214. The zero-order valence-corrected chi connectivity index (χ0v) is 12.2. The van der Waals surface area contributed by atoms with Crippen molar-refractivity contribution in [3.05, 3.63) is 58.8 Å². The van der Waals surface area contributed by atoms with E-state index in [9.17, 15) is 5.11 Å². The minimum absolute atomic E-state index is 0.367. The number of nitrogens with zero attached hydrogens (tertiary/aromatic N) is 1. The molecule has 94 valence electrons. The molecule has 1 heterocycles. The number of aliphatic hydroxyl groups excluding tert-OH is 1. The van der Waals surface area contributed by atoms with Crippen molar-refractivity contribution < 1.29 is 5.11 Å². The van der Waals surface area contributed by atoms with E-state index in [0.717, 1.165) is 10.2 Å². The van der Waals surface area contributed by atoms with Gasteiger partial charge in [0.2, 0.25) is 0 Å². The van der Waals surface area contributed by atoms with Crippen molar-refractivity contribution in [2.24, 2.45) is 0 Å². The monoisotopic (exact) mass is 323 g/mol. The van der Waals surface area contributed by atoms with E-state index in [-0.39, 0.29) is 6.10 Å². The Balaban J connectivity index is 1.81. The summed E-state index contributed by atoms with van der Waals surface area (Å²) in [5, 5.41) is 9.95. The molecule has 4 heteroatoms. The van der Waals surface area contributed by atoms with Crippen LogP contribution in [0.15, 0.2) is 58.0 Å². The molecule has 2 nitrogen and oxygen atoms in total. The summed E-state index contributed by atoms with van der Waals surface area (Å²) in [7, 11) is 0. The maximum Gasteiger partial charge on any atom is 0.0689 e. The zero-order chi connectivity index (χ0) is 12.8. The molecule has 0 aliphatic heterocycles. The summed E-state index contributed by atoms with van der Waals surface area (Å²) in [4.78, 5) is 5.37. The van der Waals surface area contributed by atoms with Gasteiger partial charge in [0.1, 0.15) is 0 Å². The molecule has 1 unspecified atom stereocenters. The van der Waals surface area contributed by atoms with Gasteiger partial charge in [-0.25, -0.2) is 0 Å². The van der Waals surface area contributed by atoms with Crippen LogP contribution < -0.4 is 0 Å². The Morgan fingerprint density at radius 2 is 1.94 bits per heavy atom. The lowest BCUT2D eigenvalue weighted by molar-refractivity contribution is 0.199.